The van der Waals surface area contributed by atoms with Gasteiger partial charge in [-0.2, -0.15) is 0 Å². The van der Waals surface area contributed by atoms with Crippen LogP contribution in [-0.2, 0) is 9.53 Å². The smallest absolute Gasteiger partial charge is 0.334 e. The zero-order chi connectivity index (χ0) is 13.7. The zero-order valence-electron chi connectivity index (χ0n) is 9.44. The third-order valence-electron chi connectivity index (χ3n) is 2.19. The fraction of sp³-hybridized carbons (Fsp3) is 0.273. The first-order valence-corrected chi connectivity index (χ1v) is 5.74. The Bertz CT molecular complexity index is 466. The van der Waals surface area contributed by atoms with Gasteiger partial charge in [-0.1, -0.05) is 0 Å². The van der Waals surface area contributed by atoms with Gasteiger partial charge in [0.15, 0.2) is 6.10 Å². The van der Waals surface area contributed by atoms with E-state index in [4.69, 9.17) is 5.11 Å². The number of carbonyl (C=O) groups excluding carboxylic acids is 1. The molecule has 1 unspecified atom stereocenters. The van der Waals surface area contributed by atoms with E-state index in [9.17, 15) is 14.0 Å². The Kier molecular flexibility index (Phi) is 5.24. The summed E-state index contributed by atoms with van der Waals surface area (Å²) in [6.07, 6.45) is -1.13. The van der Waals surface area contributed by atoms with E-state index in [0.29, 0.717) is 0 Å². The van der Waals surface area contributed by atoms with Crippen molar-refractivity contribution in [3.05, 3.63) is 34.1 Å². The van der Waals surface area contributed by atoms with Crippen molar-refractivity contribution in [2.45, 2.75) is 6.10 Å². The van der Waals surface area contributed by atoms with Gasteiger partial charge in [0.05, 0.1) is 11.0 Å². The molecule has 7 heteroatoms. The van der Waals surface area contributed by atoms with E-state index < -0.39 is 23.8 Å². The van der Waals surface area contributed by atoms with Gasteiger partial charge < -0.3 is 15.2 Å². The van der Waals surface area contributed by atoms with Gasteiger partial charge >= 0.3 is 5.97 Å². The fourth-order valence-corrected chi connectivity index (χ4v) is 1.44. The van der Waals surface area contributed by atoms with Gasteiger partial charge in [-0.25, -0.2) is 9.18 Å². The molecular formula is C11H11BrFNO4. The molecule has 0 aliphatic carbocycles. The Hall–Kier alpha value is -1.47. The van der Waals surface area contributed by atoms with Gasteiger partial charge in [0.25, 0.3) is 5.91 Å². The normalized spacial score (nSPS) is 11.9. The number of nitrogens with one attached hydrogen (secondary N) is 1. The van der Waals surface area contributed by atoms with Crippen LogP contribution in [0.1, 0.15) is 10.4 Å². The molecule has 0 aliphatic rings. The number of ether oxygens (including phenoxy) is 1. The topological polar surface area (TPSA) is 75.6 Å². The monoisotopic (exact) mass is 319 g/mol. The standard InChI is InChI=1S/C11H11BrFNO4/c1-18-9(11(16)17)5-14-10(15)6-2-3-7(12)8(13)4-6/h2-4,9H,5H2,1H3,(H,14,15)(H,16,17). The van der Waals surface area contributed by atoms with Crippen LogP contribution in [0.25, 0.3) is 0 Å². The molecule has 1 amide bonds. The zero-order valence-corrected chi connectivity index (χ0v) is 11.0. The Labute approximate surface area is 111 Å². The van der Waals surface area contributed by atoms with Crippen LogP contribution in [-0.4, -0.2) is 36.7 Å². The van der Waals surface area contributed by atoms with Gasteiger partial charge in [0, 0.05) is 12.7 Å². The number of carboxylic acid groups (broad SMARTS) is 1. The molecule has 1 aromatic rings. The largest absolute Gasteiger partial charge is 0.479 e. The maximum absolute atomic E-state index is 13.2. The predicted octanol–water partition coefficient (Wildman–Crippen LogP) is 1.42. The van der Waals surface area contributed by atoms with Crippen molar-refractivity contribution in [2.24, 2.45) is 0 Å². The minimum absolute atomic E-state index is 0.107. The molecule has 0 spiro atoms. The third kappa shape index (κ3) is 3.78. The summed E-state index contributed by atoms with van der Waals surface area (Å²) in [4.78, 5) is 22.2. The molecule has 0 aliphatic heterocycles. The number of carbonyl (C=O) groups is 2. The summed E-state index contributed by atoms with van der Waals surface area (Å²) in [6, 6.07) is 3.88. The molecule has 0 saturated heterocycles. The number of amides is 1. The van der Waals surface area contributed by atoms with E-state index in [0.717, 1.165) is 6.07 Å². The molecule has 0 aromatic heterocycles. The summed E-state index contributed by atoms with van der Waals surface area (Å²) >= 11 is 2.97. The lowest BCUT2D eigenvalue weighted by atomic mass is 10.2. The van der Waals surface area contributed by atoms with Gasteiger partial charge in [0.2, 0.25) is 0 Å². The number of aliphatic carboxylic acids is 1. The van der Waals surface area contributed by atoms with Crippen molar-refractivity contribution in [2.75, 3.05) is 13.7 Å². The van der Waals surface area contributed by atoms with E-state index in [2.05, 4.69) is 26.0 Å². The molecule has 0 radical (unpaired) electrons. The van der Waals surface area contributed by atoms with E-state index >= 15 is 0 Å². The summed E-state index contributed by atoms with van der Waals surface area (Å²) in [6.45, 7) is -0.192. The summed E-state index contributed by atoms with van der Waals surface area (Å²) in [5, 5.41) is 11.0. The molecule has 1 atom stereocenters. The van der Waals surface area contributed by atoms with Crippen LogP contribution in [0.2, 0.25) is 0 Å². The molecule has 2 N–H and O–H groups in total. The Morgan fingerprint density at radius 3 is 2.72 bits per heavy atom. The van der Waals surface area contributed by atoms with Crippen molar-refractivity contribution in [1.29, 1.82) is 0 Å². The van der Waals surface area contributed by atoms with Gasteiger partial charge in [-0.05, 0) is 34.1 Å². The first-order chi connectivity index (χ1) is 8.45. The highest BCUT2D eigenvalue weighted by Gasteiger charge is 2.18. The molecule has 0 saturated carbocycles. The minimum atomic E-state index is -1.18. The second-order valence-electron chi connectivity index (χ2n) is 3.40. The number of carboxylic acids is 1. The fourth-order valence-electron chi connectivity index (χ4n) is 1.20. The first-order valence-electron chi connectivity index (χ1n) is 4.94. The summed E-state index contributed by atoms with van der Waals surface area (Å²) in [7, 11) is 1.23. The van der Waals surface area contributed by atoms with Crippen LogP contribution in [0, 0.1) is 5.82 Å². The average Bonchev–Trinajstić information content (AvgIpc) is 2.32. The summed E-state index contributed by atoms with van der Waals surface area (Å²) in [5.41, 5.74) is 0.107. The van der Waals surface area contributed by atoms with Crippen molar-refractivity contribution in [3.8, 4) is 0 Å². The molecule has 1 rings (SSSR count). The van der Waals surface area contributed by atoms with Crippen LogP contribution in [0.3, 0.4) is 0 Å². The van der Waals surface area contributed by atoms with Crippen molar-refractivity contribution >= 4 is 27.8 Å². The number of methoxy groups -OCH3 is 1. The molecule has 98 valence electrons. The number of rotatable bonds is 5. The van der Waals surface area contributed by atoms with Gasteiger partial charge in [-0.15, -0.1) is 0 Å². The van der Waals surface area contributed by atoms with Gasteiger partial charge in [-0.3, -0.25) is 4.79 Å². The lowest BCUT2D eigenvalue weighted by Crippen LogP contribution is -2.37. The highest BCUT2D eigenvalue weighted by Crippen LogP contribution is 2.16. The number of benzene rings is 1. The maximum atomic E-state index is 13.2. The van der Waals surface area contributed by atoms with Crippen molar-refractivity contribution in [1.82, 2.24) is 5.32 Å². The second-order valence-corrected chi connectivity index (χ2v) is 4.26. The molecular weight excluding hydrogens is 309 g/mol. The highest BCUT2D eigenvalue weighted by atomic mass is 79.9. The van der Waals surface area contributed by atoms with E-state index in [1.807, 2.05) is 0 Å². The molecule has 0 heterocycles. The lowest BCUT2D eigenvalue weighted by Gasteiger charge is -2.11. The van der Waals surface area contributed by atoms with Gasteiger partial charge in [0.1, 0.15) is 5.82 Å². The minimum Gasteiger partial charge on any atom is -0.479 e. The first kappa shape index (κ1) is 14.6. The highest BCUT2D eigenvalue weighted by molar-refractivity contribution is 9.10. The predicted molar refractivity (Wildman–Crippen MR) is 64.9 cm³/mol. The van der Waals surface area contributed by atoms with E-state index in [1.54, 1.807) is 0 Å². The maximum Gasteiger partial charge on any atom is 0.334 e. The number of hydrogen-bond donors (Lipinski definition) is 2. The quantitative estimate of drug-likeness (QED) is 0.860. The molecule has 5 nitrogen and oxygen atoms in total. The van der Waals surface area contributed by atoms with E-state index in [-0.39, 0.29) is 16.6 Å². The van der Waals surface area contributed by atoms with Crippen LogP contribution in [0.4, 0.5) is 4.39 Å². The second kappa shape index (κ2) is 6.46. The molecule has 0 fully saturated rings. The Morgan fingerprint density at radius 2 is 2.22 bits per heavy atom. The summed E-state index contributed by atoms with van der Waals surface area (Å²) in [5.74, 6) is -2.31. The number of hydrogen-bond acceptors (Lipinski definition) is 3. The van der Waals surface area contributed by atoms with Crippen LogP contribution < -0.4 is 5.32 Å². The van der Waals surface area contributed by atoms with E-state index in [1.165, 1.54) is 19.2 Å². The average molecular weight is 320 g/mol. The Morgan fingerprint density at radius 1 is 1.56 bits per heavy atom. The van der Waals surface area contributed by atoms with Crippen LogP contribution in [0.5, 0.6) is 0 Å². The van der Waals surface area contributed by atoms with Crippen LogP contribution >= 0.6 is 15.9 Å². The van der Waals surface area contributed by atoms with Crippen molar-refractivity contribution in [3.63, 3.8) is 0 Å². The summed E-state index contributed by atoms with van der Waals surface area (Å²) < 4.78 is 18.1. The van der Waals surface area contributed by atoms with Crippen molar-refractivity contribution < 1.29 is 23.8 Å². The molecule has 1 aromatic carbocycles. The van der Waals surface area contributed by atoms with Crippen LogP contribution in [0.15, 0.2) is 22.7 Å². The lowest BCUT2D eigenvalue weighted by molar-refractivity contribution is -0.148. The number of halogens is 2. The molecule has 18 heavy (non-hydrogen) atoms. The Balaban J connectivity index is 2.65. The molecule has 0 bridgehead atoms. The SMILES string of the molecule is COC(CNC(=O)c1ccc(Br)c(F)c1)C(=O)O. The third-order valence-corrected chi connectivity index (χ3v) is 2.83.